The molecule has 0 aromatic heterocycles. The smallest absolute Gasteiger partial charge is 0.214 e. The predicted molar refractivity (Wildman–Crippen MR) is 91.6 cm³/mol. The number of alkyl halides is 9. The van der Waals surface area contributed by atoms with Gasteiger partial charge in [0, 0.05) is 0 Å². The van der Waals surface area contributed by atoms with E-state index in [0.29, 0.717) is 0 Å². The van der Waals surface area contributed by atoms with Crippen molar-refractivity contribution < 1.29 is 65.7 Å². The molecule has 28 heavy (non-hydrogen) atoms. The van der Waals surface area contributed by atoms with Crippen molar-refractivity contribution in [3.05, 3.63) is 46.3 Å². The van der Waals surface area contributed by atoms with Crippen molar-refractivity contribution in [2.45, 2.75) is 15.0 Å². The van der Waals surface area contributed by atoms with E-state index in [9.17, 15) is 39.5 Å². The van der Waals surface area contributed by atoms with Crippen molar-refractivity contribution in [1.82, 2.24) is 0 Å². The number of halogens is 9. The summed E-state index contributed by atoms with van der Waals surface area (Å²) in [6, 6.07) is 10.0. The molecule has 0 aliphatic heterocycles. The summed E-state index contributed by atoms with van der Waals surface area (Å²) in [5.41, 5.74) is 0. The fourth-order valence-electron chi connectivity index (χ4n) is 0.803. The second-order valence-corrected chi connectivity index (χ2v) is 9.31. The van der Waals surface area contributed by atoms with Gasteiger partial charge < -0.3 is 16.0 Å². The maximum atomic E-state index is 11.3. The van der Waals surface area contributed by atoms with E-state index in [1.165, 1.54) is 0 Å². The van der Waals surface area contributed by atoms with Crippen LogP contribution in [0.5, 0.6) is 0 Å². The van der Waals surface area contributed by atoms with Gasteiger partial charge in [-0.2, -0.15) is 60.5 Å². The Morgan fingerprint density at radius 1 is 0.571 bits per heavy atom. The zero-order chi connectivity index (χ0) is 22.7. The molecule has 1 aromatic rings. The van der Waals surface area contributed by atoms with Crippen LogP contribution in [0.4, 0.5) is 39.5 Å². The number of rotatable bonds is 0. The first-order valence-electron chi connectivity index (χ1n) is 6.80. The Morgan fingerprint density at radius 2 is 0.750 bits per heavy atom. The molecule has 0 saturated carbocycles. The summed E-state index contributed by atoms with van der Waals surface area (Å²) >= 11 is -7.10. The molecular formula is C14H23F9GeN3Zr. The molecule has 0 aliphatic carbocycles. The Balaban J connectivity index is -0.0000000964. The van der Waals surface area contributed by atoms with Crippen molar-refractivity contribution in [3.63, 3.8) is 0 Å². The molecular weight excluding hydrogens is 545 g/mol. The van der Waals surface area contributed by atoms with E-state index >= 15 is 0 Å². The van der Waals surface area contributed by atoms with Crippen LogP contribution in [0.3, 0.4) is 0 Å². The summed E-state index contributed by atoms with van der Waals surface area (Å²) in [6.45, 7) is 0. The Bertz CT molecular complexity index is 328. The quantitative estimate of drug-likeness (QED) is 0.208. The standard InChI is InChI=1S/C5H5.C3F9Ge.3C2H6N.Zr/c1-2-4-5-3-1;4-1(5,6)13(2(7,8)9)3(10,11)12;3*1-3-2;/h1-5H;;3*1-2H3;/q-1;;3*-1;+4. The molecule has 0 spiro atoms. The second kappa shape index (κ2) is 21.7. The van der Waals surface area contributed by atoms with Gasteiger partial charge >= 0.3 is 95.1 Å². The molecule has 0 bridgehead atoms. The van der Waals surface area contributed by atoms with Crippen molar-refractivity contribution in [1.29, 1.82) is 0 Å². The predicted octanol–water partition coefficient (Wildman–Crippen LogP) is 6.05. The van der Waals surface area contributed by atoms with Crippen molar-refractivity contribution in [2.75, 3.05) is 42.3 Å². The third kappa shape index (κ3) is 30.7. The van der Waals surface area contributed by atoms with Crippen LogP contribution in [-0.2, 0) is 26.2 Å². The summed E-state index contributed by atoms with van der Waals surface area (Å²) in [5.74, 6) is 0. The first-order chi connectivity index (χ1) is 12.1. The van der Waals surface area contributed by atoms with E-state index in [0.717, 1.165) is 0 Å². The Hall–Kier alpha value is 0.0260. The molecule has 3 nitrogen and oxygen atoms in total. The number of nitrogens with zero attached hydrogens (tertiary/aromatic N) is 3. The molecule has 0 N–H and O–H groups in total. The molecule has 1 rings (SSSR count). The molecule has 165 valence electrons. The SMILES string of the molecule is C[N-]C.C[N-]C.C[N-]C.F[C](F)(F)[Ge]([C](F)(F)F)[C](F)(F)F.[Zr+4].c1cc[cH-]c1. The van der Waals surface area contributed by atoms with Gasteiger partial charge in [-0.05, 0) is 0 Å². The van der Waals surface area contributed by atoms with E-state index in [4.69, 9.17) is 0 Å². The van der Waals surface area contributed by atoms with E-state index < -0.39 is 29.4 Å². The van der Waals surface area contributed by atoms with Crippen LogP contribution in [0.1, 0.15) is 0 Å². The molecule has 0 heterocycles. The third-order valence-electron chi connectivity index (χ3n) is 1.41. The van der Waals surface area contributed by atoms with Gasteiger partial charge in [0.05, 0.1) is 0 Å². The second-order valence-electron chi connectivity index (χ2n) is 4.17. The molecule has 1 radical (unpaired) electrons. The van der Waals surface area contributed by atoms with Gasteiger partial charge in [-0.3, -0.25) is 0 Å². The van der Waals surface area contributed by atoms with Gasteiger partial charge in [0.2, 0.25) is 0 Å². The molecule has 0 fully saturated rings. The minimum atomic E-state index is -7.10. The largest absolute Gasteiger partial charge is 4.00 e. The van der Waals surface area contributed by atoms with Crippen molar-refractivity contribution >= 4 is 14.3 Å². The first-order valence-corrected chi connectivity index (χ1v) is 9.95. The monoisotopic (exact) mass is 568 g/mol. The number of hydrogen-bond acceptors (Lipinski definition) is 0. The van der Waals surface area contributed by atoms with Gasteiger partial charge in [0.1, 0.15) is 0 Å². The molecule has 14 heteroatoms. The number of hydrogen-bond donors (Lipinski definition) is 0. The Kier molecular flexibility index (Phi) is 30.0. The van der Waals surface area contributed by atoms with Gasteiger partial charge in [-0.15, -0.1) is 0 Å². The van der Waals surface area contributed by atoms with Crippen LogP contribution < -0.4 is 0 Å². The van der Waals surface area contributed by atoms with Gasteiger partial charge in [0.25, 0.3) is 0 Å². The first kappa shape index (κ1) is 38.6. The summed E-state index contributed by atoms with van der Waals surface area (Å²) < 4.78 is 102. The molecule has 0 unspecified atom stereocenters. The average molecular weight is 568 g/mol. The van der Waals surface area contributed by atoms with Crippen LogP contribution in [0.2, 0.25) is 0 Å². The van der Waals surface area contributed by atoms with E-state index in [2.05, 4.69) is 16.0 Å². The maximum absolute atomic E-state index is 11.3. The van der Waals surface area contributed by atoms with Gasteiger partial charge in [0.15, 0.2) is 0 Å². The minimum Gasteiger partial charge on any atom is -0.214 e. The molecule has 0 amide bonds. The Morgan fingerprint density at radius 3 is 0.786 bits per heavy atom. The zero-order valence-corrected chi connectivity index (χ0v) is 20.7. The van der Waals surface area contributed by atoms with Crippen LogP contribution in [0.15, 0.2) is 30.3 Å². The zero-order valence-electron chi connectivity index (χ0n) is 16.1. The van der Waals surface area contributed by atoms with Crippen LogP contribution in [0.25, 0.3) is 16.0 Å². The molecule has 1 aromatic carbocycles. The molecule has 0 aliphatic rings. The van der Waals surface area contributed by atoms with E-state index in [1.807, 2.05) is 30.3 Å². The van der Waals surface area contributed by atoms with Crippen LogP contribution in [0, 0.1) is 0 Å². The third-order valence-corrected chi connectivity index (χ3v) is 4.97. The average Bonchev–Trinajstić information content (AvgIpc) is 2.94. The molecule has 0 atom stereocenters. The molecule has 0 saturated heterocycles. The topological polar surface area (TPSA) is 42.3 Å². The fraction of sp³-hybridized carbons (Fsp3) is 0.643. The van der Waals surface area contributed by atoms with Gasteiger partial charge in [-0.1, -0.05) is 0 Å². The fourth-order valence-corrected chi connectivity index (χ4v) is 2.83. The minimum absolute atomic E-state index is 0. The van der Waals surface area contributed by atoms with Gasteiger partial charge in [-0.25, -0.2) is 12.1 Å². The summed E-state index contributed by atoms with van der Waals surface area (Å²) in [5, 5.41) is -8.09. The van der Waals surface area contributed by atoms with E-state index in [1.54, 1.807) is 42.3 Å². The summed E-state index contributed by atoms with van der Waals surface area (Å²) in [7, 11) is 10.5. The van der Waals surface area contributed by atoms with Crippen molar-refractivity contribution in [3.8, 4) is 0 Å². The van der Waals surface area contributed by atoms with Crippen molar-refractivity contribution in [2.24, 2.45) is 0 Å². The normalized spacial score (nSPS) is 10.4. The maximum Gasteiger partial charge on any atom is 4.00 e. The van der Waals surface area contributed by atoms with Crippen LogP contribution in [-0.4, -0.2) is 71.7 Å². The summed E-state index contributed by atoms with van der Waals surface area (Å²) in [6.07, 6.45) is 0. The summed E-state index contributed by atoms with van der Waals surface area (Å²) in [4.78, 5) is 0. The van der Waals surface area contributed by atoms with Crippen LogP contribution >= 0.6 is 0 Å². The Labute approximate surface area is 183 Å². The van der Waals surface area contributed by atoms with E-state index in [-0.39, 0.29) is 26.2 Å².